The third kappa shape index (κ3) is 1.84. The Morgan fingerprint density at radius 2 is 2.25 bits per heavy atom. The van der Waals surface area contributed by atoms with E-state index in [0.29, 0.717) is 10.6 Å². The average Bonchev–Trinajstić information content (AvgIpc) is 2.03. The molecule has 0 bridgehead atoms. The van der Waals surface area contributed by atoms with Gasteiger partial charge in [-0.1, -0.05) is 23.7 Å². The molecule has 0 spiro atoms. The largest absolute Gasteiger partial charge is 0.321 e. The van der Waals surface area contributed by atoms with Crippen LogP contribution in [-0.4, -0.2) is 0 Å². The van der Waals surface area contributed by atoms with Crippen LogP contribution < -0.4 is 5.73 Å². The highest BCUT2D eigenvalue weighted by atomic mass is 35.5. The topological polar surface area (TPSA) is 26.0 Å². The van der Waals surface area contributed by atoms with Crippen LogP contribution in [0.5, 0.6) is 0 Å². The molecule has 0 saturated heterocycles. The van der Waals surface area contributed by atoms with Crippen molar-refractivity contribution in [3.63, 3.8) is 0 Å². The Kier molecular flexibility index (Phi) is 2.84. The van der Waals surface area contributed by atoms with Crippen molar-refractivity contribution in [2.45, 2.75) is 6.04 Å². The summed E-state index contributed by atoms with van der Waals surface area (Å²) < 4.78 is 13.1. The Morgan fingerprint density at radius 3 is 2.75 bits per heavy atom. The van der Waals surface area contributed by atoms with Gasteiger partial charge >= 0.3 is 0 Å². The van der Waals surface area contributed by atoms with Crippen molar-refractivity contribution in [2.24, 2.45) is 5.73 Å². The lowest BCUT2D eigenvalue weighted by atomic mass is 10.1. The second-order valence-electron chi connectivity index (χ2n) is 2.43. The van der Waals surface area contributed by atoms with Gasteiger partial charge in [-0.15, -0.1) is 6.58 Å². The minimum atomic E-state index is -0.470. The average molecular weight is 186 g/mol. The maximum absolute atomic E-state index is 13.1. The first-order valence-corrected chi connectivity index (χ1v) is 3.86. The van der Waals surface area contributed by atoms with Crippen LogP contribution in [-0.2, 0) is 0 Å². The summed E-state index contributed by atoms with van der Waals surface area (Å²) in [6.45, 7) is 3.48. The van der Waals surface area contributed by atoms with E-state index in [2.05, 4.69) is 6.58 Å². The van der Waals surface area contributed by atoms with Gasteiger partial charge in [0.2, 0.25) is 0 Å². The molecule has 0 aromatic heterocycles. The SMILES string of the molecule is C=C[C@H](N)c1ccc(Cl)cc1F. The lowest BCUT2D eigenvalue weighted by Gasteiger charge is -2.07. The number of hydrogen-bond donors (Lipinski definition) is 1. The van der Waals surface area contributed by atoms with Crippen molar-refractivity contribution >= 4 is 11.6 Å². The van der Waals surface area contributed by atoms with Gasteiger partial charge in [0.25, 0.3) is 0 Å². The summed E-state index contributed by atoms with van der Waals surface area (Å²) in [5, 5.41) is 0.368. The summed E-state index contributed by atoms with van der Waals surface area (Å²) in [5.74, 6) is -0.394. The van der Waals surface area contributed by atoms with Crippen molar-refractivity contribution in [3.8, 4) is 0 Å². The van der Waals surface area contributed by atoms with Crippen LogP contribution in [0.1, 0.15) is 11.6 Å². The molecule has 0 fully saturated rings. The lowest BCUT2D eigenvalue weighted by Crippen LogP contribution is -2.08. The third-order valence-corrected chi connectivity index (χ3v) is 1.81. The molecule has 1 atom stereocenters. The molecule has 0 heterocycles. The number of halogens is 2. The molecular weight excluding hydrogens is 177 g/mol. The molecule has 0 radical (unpaired) electrons. The van der Waals surface area contributed by atoms with E-state index in [9.17, 15) is 4.39 Å². The minimum Gasteiger partial charge on any atom is -0.321 e. The van der Waals surface area contributed by atoms with E-state index in [0.717, 1.165) is 0 Å². The first kappa shape index (κ1) is 9.23. The molecule has 2 N–H and O–H groups in total. The van der Waals surface area contributed by atoms with Crippen LogP contribution in [0.4, 0.5) is 4.39 Å². The molecule has 12 heavy (non-hydrogen) atoms. The van der Waals surface area contributed by atoms with E-state index >= 15 is 0 Å². The lowest BCUT2D eigenvalue weighted by molar-refractivity contribution is 0.602. The zero-order valence-corrected chi connectivity index (χ0v) is 7.18. The number of benzene rings is 1. The van der Waals surface area contributed by atoms with Gasteiger partial charge in [0.05, 0.1) is 6.04 Å². The molecular formula is C9H9ClFN. The maximum atomic E-state index is 13.1. The number of hydrogen-bond acceptors (Lipinski definition) is 1. The van der Waals surface area contributed by atoms with Crippen LogP contribution in [0.3, 0.4) is 0 Å². The highest BCUT2D eigenvalue weighted by molar-refractivity contribution is 6.30. The van der Waals surface area contributed by atoms with E-state index in [4.69, 9.17) is 17.3 Å². The summed E-state index contributed by atoms with van der Waals surface area (Å²) in [6.07, 6.45) is 1.48. The van der Waals surface area contributed by atoms with Crippen molar-refractivity contribution in [1.82, 2.24) is 0 Å². The van der Waals surface area contributed by atoms with Gasteiger partial charge in [-0.2, -0.15) is 0 Å². The molecule has 1 nitrogen and oxygen atoms in total. The Labute approximate surface area is 75.6 Å². The fraction of sp³-hybridized carbons (Fsp3) is 0.111. The van der Waals surface area contributed by atoms with Crippen LogP contribution >= 0.6 is 11.6 Å². The normalized spacial score (nSPS) is 12.6. The van der Waals surface area contributed by atoms with Crippen molar-refractivity contribution in [2.75, 3.05) is 0 Å². The quantitative estimate of drug-likeness (QED) is 0.705. The minimum absolute atomic E-state index is 0.368. The molecule has 0 aliphatic carbocycles. The van der Waals surface area contributed by atoms with Crippen LogP contribution in [0.2, 0.25) is 5.02 Å². The van der Waals surface area contributed by atoms with Gasteiger partial charge in [-0.05, 0) is 12.1 Å². The molecule has 0 aliphatic rings. The molecule has 0 aliphatic heterocycles. The first-order chi connectivity index (χ1) is 5.65. The van der Waals surface area contributed by atoms with Gasteiger partial charge in [0.1, 0.15) is 5.82 Å². The summed E-state index contributed by atoms with van der Waals surface area (Å²) in [7, 11) is 0. The fourth-order valence-corrected chi connectivity index (χ4v) is 1.06. The van der Waals surface area contributed by atoms with Crippen molar-refractivity contribution < 1.29 is 4.39 Å². The molecule has 0 saturated carbocycles. The Bertz CT molecular complexity index is 299. The molecule has 0 amide bonds. The smallest absolute Gasteiger partial charge is 0.129 e. The zero-order valence-electron chi connectivity index (χ0n) is 6.43. The third-order valence-electron chi connectivity index (χ3n) is 1.58. The second-order valence-corrected chi connectivity index (χ2v) is 2.86. The van der Waals surface area contributed by atoms with E-state index in [1.54, 1.807) is 12.1 Å². The molecule has 1 aromatic rings. The highest BCUT2D eigenvalue weighted by Crippen LogP contribution is 2.19. The summed E-state index contributed by atoms with van der Waals surface area (Å²) in [5.41, 5.74) is 5.96. The summed E-state index contributed by atoms with van der Waals surface area (Å²) in [6, 6.07) is 3.93. The second kappa shape index (κ2) is 3.70. The van der Waals surface area contributed by atoms with E-state index in [-0.39, 0.29) is 0 Å². The van der Waals surface area contributed by atoms with Gasteiger partial charge in [-0.25, -0.2) is 4.39 Å². The Morgan fingerprint density at radius 1 is 1.58 bits per heavy atom. The maximum Gasteiger partial charge on any atom is 0.129 e. The molecule has 64 valence electrons. The summed E-state index contributed by atoms with van der Waals surface area (Å²) in [4.78, 5) is 0. The zero-order chi connectivity index (χ0) is 9.14. The summed E-state index contributed by atoms with van der Waals surface area (Å²) >= 11 is 5.56. The predicted molar refractivity (Wildman–Crippen MR) is 48.5 cm³/mol. The van der Waals surface area contributed by atoms with Crippen LogP contribution in [0, 0.1) is 5.82 Å². The van der Waals surface area contributed by atoms with Crippen molar-refractivity contribution in [3.05, 3.63) is 47.3 Å². The fourth-order valence-electron chi connectivity index (χ4n) is 0.899. The van der Waals surface area contributed by atoms with Crippen molar-refractivity contribution in [1.29, 1.82) is 0 Å². The number of nitrogens with two attached hydrogens (primary N) is 1. The first-order valence-electron chi connectivity index (χ1n) is 3.48. The van der Waals surface area contributed by atoms with Gasteiger partial charge in [0, 0.05) is 10.6 Å². The highest BCUT2D eigenvalue weighted by Gasteiger charge is 2.07. The van der Waals surface area contributed by atoms with E-state index in [1.807, 2.05) is 0 Å². The van der Waals surface area contributed by atoms with Gasteiger partial charge < -0.3 is 5.73 Å². The number of rotatable bonds is 2. The molecule has 0 unspecified atom stereocenters. The molecule has 1 rings (SSSR count). The molecule has 1 aromatic carbocycles. The van der Waals surface area contributed by atoms with Gasteiger partial charge in [0.15, 0.2) is 0 Å². The monoisotopic (exact) mass is 185 g/mol. The Balaban J connectivity index is 3.09. The van der Waals surface area contributed by atoms with E-state index in [1.165, 1.54) is 12.1 Å². The molecule has 3 heteroatoms. The Hall–Kier alpha value is -0.860. The predicted octanol–water partition coefficient (Wildman–Crippen LogP) is 2.66. The van der Waals surface area contributed by atoms with Gasteiger partial charge in [-0.3, -0.25) is 0 Å². The standard InChI is InChI=1S/C9H9ClFN/c1-2-9(12)7-4-3-6(10)5-8(7)11/h2-5,9H,1,12H2/t9-/m0/s1. The van der Waals surface area contributed by atoms with Crippen LogP contribution in [0.15, 0.2) is 30.9 Å². The van der Waals surface area contributed by atoms with E-state index < -0.39 is 11.9 Å². The van der Waals surface area contributed by atoms with Crippen LogP contribution in [0.25, 0.3) is 0 Å².